The first-order valence-electron chi connectivity index (χ1n) is 6.98. The van der Waals surface area contributed by atoms with Gasteiger partial charge >= 0.3 is 0 Å². The summed E-state index contributed by atoms with van der Waals surface area (Å²) in [7, 11) is -3.83. The second kappa shape index (κ2) is 6.26. The highest BCUT2D eigenvalue weighted by Crippen LogP contribution is 2.15. The number of rotatable bonds is 4. The molecule has 0 aliphatic carbocycles. The van der Waals surface area contributed by atoms with Gasteiger partial charge in [-0.15, -0.1) is 0 Å². The molecule has 0 fully saturated rings. The number of carbonyl (C=O) groups is 1. The summed E-state index contributed by atoms with van der Waals surface area (Å²) >= 11 is 0. The number of aromatic nitrogens is 2. The molecule has 0 unspecified atom stereocenters. The van der Waals surface area contributed by atoms with Gasteiger partial charge in [0, 0.05) is 11.9 Å². The zero-order valence-electron chi connectivity index (χ0n) is 12.5. The van der Waals surface area contributed by atoms with Crippen LogP contribution >= 0.6 is 0 Å². The van der Waals surface area contributed by atoms with E-state index < -0.39 is 15.9 Å². The van der Waals surface area contributed by atoms with E-state index in [1.807, 2.05) is 30.3 Å². The van der Waals surface area contributed by atoms with Crippen LogP contribution in [0.5, 0.6) is 0 Å². The molecule has 3 N–H and O–H groups in total. The van der Waals surface area contributed by atoms with E-state index in [9.17, 15) is 13.2 Å². The highest BCUT2D eigenvalue weighted by atomic mass is 32.2. The summed E-state index contributed by atoms with van der Waals surface area (Å²) in [6.45, 7) is 0. The van der Waals surface area contributed by atoms with Gasteiger partial charge in [0.15, 0.2) is 0 Å². The maximum Gasteiger partial charge on any atom is 0.258 e. The number of sulfonamides is 1. The lowest BCUT2D eigenvalue weighted by Crippen LogP contribution is -2.14. The van der Waals surface area contributed by atoms with Crippen molar-refractivity contribution in [3.63, 3.8) is 0 Å². The lowest BCUT2D eigenvalue weighted by atomic mass is 10.3. The van der Waals surface area contributed by atoms with Crippen LogP contribution in [0.15, 0.2) is 71.9 Å². The second-order valence-electron chi connectivity index (χ2n) is 5.04. The van der Waals surface area contributed by atoms with Crippen molar-refractivity contribution in [2.24, 2.45) is 5.14 Å². The van der Waals surface area contributed by atoms with Crippen LogP contribution in [0.4, 0.5) is 5.69 Å². The topological polar surface area (TPSA) is 107 Å². The minimum atomic E-state index is -3.83. The van der Waals surface area contributed by atoms with Gasteiger partial charge in [0.05, 0.1) is 22.3 Å². The largest absolute Gasteiger partial charge is 0.322 e. The van der Waals surface area contributed by atoms with Crippen LogP contribution in [0.25, 0.3) is 5.69 Å². The molecule has 0 saturated carbocycles. The van der Waals surface area contributed by atoms with E-state index >= 15 is 0 Å². The molecule has 1 aromatic heterocycles. The van der Waals surface area contributed by atoms with Crippen LogP contribution in [0.3, 0.4) is 0 Å². The van der Waals surface area contributed by atoms with Crippen molar-refractivity contribution in [1.29, 1.82) is 0 Å². The minimum Gasteiger partial charge on any atom is -0.322 e. The van der Waals surface area contributed by atoms with Crippen LogP contribution in [0.2, 0.25) is 0 Å². The summed E-state index contributed by atoms with van der Waals surface area (Å²) in [5.41, 5.74) is 1.51. The maximum absolute atomic E-state index is 12.3. The Morgan fingerprint density at radius 2 is 1.83 bits per heavy atom. The number of hydrogen-bond donors (Lipinski definition) is 2. The SMILES string of the molecule is NS(=O)(=O)c1cccc(NC(=O)c2cnn(-c3ccccc3)c2)c1. The Morgan fingerprint density at radius 3 is 2.54 bits per heavy atom. The normalized spacial score (nSPS) is 11.2. The molecule has 8 heteroatoms. The van der Waals surface area contributed by atoms with Crippen LogP contribution in [0, 0.1) is 0 Å². The molecule has 0 aliphatic rings. The zero-order chi connectivity index (χ0) is 17.2. The van der Waals surface area contributed by atoms with Crippen molar-refractivity contribution >= 4 is 21.6 Å². The zero-order valence-corrected chi connectivity index (χ0v) is 13.3. The van der Waals surface area contributed by atoms with E-state index in [0.717, 1.165) is 5.69 Å². The molecule has 1 amide bonds. The van der Waals surface area contributed by atoms with Crippen molar-refractivity contribution in [2.45, 2.75) is 4.90 Å². The number of nitrogens with zero attached hydrogens (tertiary/aromatic N) is 2. The van der Waals surface area contributed by atoms with Gasteiger partial charge in [0.1, 0.15) is 0 Å². The fraction of sp³-hybridized carbons (Fsp3) is 0. The van der Waals surface area contributed by atoms with Crippen molar-refractivity contribution in [3.05, 3.63) is 72.6 Å². The number of para-hydroxylation sites is 1. The van der Waals surface area contributed by atoms with Crippen molar-refractivity contribution < 1.29 is 13.2 Å². The molecule has 0 bridgehead atoms. The highest BCUT2D eigenvalue weighted by Gasteiger charge is 2.12. The molecule has 1 heterocycles. The first-order chi connectivity index (χ1) is 11.4. The molecule has 0 radical (unpaired) electrons. The Hall–Kier alpha value is -2.97. The number of hydrogen-bond acceptors (Lipinski definition) is 4. The molecular weight excluding hydrogens is 328 g/mol. The quantitative estimate of drug-likeness (QED) is 0.753. The fourth-order valence-electron chi connectivity index (χ4n) is 2.12. The lowest BCUT2D eigenvalue weighted by molar-refractivity contribution is 0.102. The number of anilines is 1. The lowest BCUT2D eigenvalue weighted by Gasteiger charge is -2.05. The summed E-state index contributed by atoms with van der Waals surface area (Å²) in [6, 6.07) is 15.1. The van der Waals surface area contributed by atoms with Crippen molar-refractivity contribution in [2.75, 3.05) is 5.32 Å². The minimum absolute atomic E-state index is 0.0692. The third-order valence-electron chi connectivity index (χ3n) is 3.29. The predicted molar refractivity (Wildman–Crippen MR) is 89.3 cm³/mol. The number of nitrogens with one attached hydrogen (secondary N) is 1. The van der Waals surface area contributed by atoms with E-state index in [1.165, 1.54) is 24.4 Å². The molecule has 3 aromatic rings. The average molecular weight is 342 g/mol. The van der Waals surface area contributed by atoms with Gasteiger partial charge in [-0.05, 0) is 30.3 Å². The molecule has 0 atom stereocenters. The third kappa shape index (κ3) is 3.50. The van der Waals surface area contributed by atoms with E-state index in [0.29, 0.717) is 11.3 Å². The van der Waals surface area contributed by atoms with Gasteiger partial charge in [-0.3, -0.25) is 4.79 Å². The standard InChI is InChI=1S/C16H14N4O3S/c17-24(22,23)15-8-4-5-13(9-15)19-16(21)12-10-18-20(11-12)14-6-2-1-3-7-14/h1-11H,(H,19,21)(H2,17,22,23). The average Bonchev–Trinajstić information content (AvgIpc) is 3.05. The van der Waals surface area contributed by atoms with Crippen LogP contribution in [0.1, 0.15) is 10.4 Å². The van der Waals surface area contributed by atoms with Crippen molar-refractivity contribution in [1.82, 2.24) is 9.78 Å². The van der Waals surface area contributed by atoms with Crippen LogP contribution in [-0.2, 0) is 10.0 Å². The predicted octanol–water partition coefficient (Wildman–Crippen LogP) is 1.77. The summed E-state index contributed by atoms with van der Waals surface area (Å²) < 4.78 is 24.3. The van der Waals surface area contributed by atoms with Crippen molar-refractivity contribution in [3.8, 4) is 5.69 Å². The molecule has 0 aliphatic heterocycles. The second-order valence-corrected chi connectivity index (χ2v) is 6.60. The third-order valence-corrected chi connectivity index (χ3v) is 4.20. The molecule has 0 spiro atoms. The first kappa shape index (κ1) is 15.9. The number of carbonyl (C=O) groups excluding carboxylic acids is 1. The molecule has 122 valence electrons. The number of primary sulfonamides is 1. The van der Waals surface area contributed by atoms with Crippen LogP contribution < -0.4 is 10.5 Å². The fourth-order valence-corrected chi connectivity index (χ4v) is 2.68. The van der Waals surface area contributed by atoms with E-state index in [1.54, 1.807) is 16.9 Å². The Bertz CT molecular complexity index is 981. The Balaban J connectivity index is 1.80. The summed E-state index contributed by atoms with van der Waals surface area (Å²) in [6.07, 6.45) is 3.03. The monoisotopic (exact) mass is 342 g/mol. The van der Waals surface area contributed by atoms with Gasteiger partial charge in [-0.1, -0.05) is 24.3 Å². The maximum atomic E-state index is 12.3. The first-order valence-corrected chi connectivity index (χ1v) is 8.52. The Kier molecular flexibility index (Phi) is 4.15. The van der Waals surface area contributed by atoms with Gasteiger partial charge < -0.3 is 5.32 Å². The molecule has 0 saturated heterocycles. The molecule has 2 aromatic carbocycles. The Labute approximate surface area is 138 Å². The van der Waals surface area contributed by atoms with Gasteiger partial charge in [0.2, 0.25) is 10.0 Å². The number of nitrogens with two attached hydrogens (primary N) is 1. The smallest absolute Gasteiger partial charge is 0.258 e. The van der Waals surface area contributed by atoms with E-state index in [4.69, 9.17) is 5.14 Å². The Morgan fingerprint density at radius 1 is 1.08 bits per heavy atom. The highest BCUT2D eigenvalue weighted by molar-refractivity contribution is 7.89. The molecule has 7 nitrogen and oxygen atoms in total. The molecule has 24 heavy (non-hydrogen) atoms. The van der Waals surface area contributed by atoms with Gasteiger partial charge in [0.25, 0.3) is 5.91 Å². The summed E-state index contributed by atoms with van der Waals surface area (Å²) in [4.78, 5) is 12.2. The number of amides is 1. The van der Waals surface area contributed by atoms with E-state index in [2.05, 4.69) is 10.4 Å². The molecule has 3 rings (SSSR count). The van der Waals surface area contributed by atoms with Gasteiger partial charge in [-0.2, -0.15) is 5.10 Å². The van der Waals surface area contributed by atoms with Gasteiger partial charge in [-0.25, -0.2) is 18.2 Å². The molecular formula is C16H14N4O3S. The summed E-state index contributed by atoms with van der Waals surface area (Å²) in [5.74, 6) is -0.399. The number of benzene rings is 2. The summed E-state index contributed by atoms with van der Waals surface area (Å²) in [5, 5.41) is 11.9. The van der Waals surface area contributed by atoms with E-state index in [-0.39, 0.29) is 4.90 Å². The van der Waals surface area contributed by atoms with Crippen LogP contribution in [-0.4, -0.2) is 24.1 Å².